The molecule has 148 valence electrons. The van der Waals surface area contributed by atoms with Crippen molar-refractivity contribution < 1.29 is 9.53 Å². The van der Waals surface area contributed by atoms with Crippen molar-refractivity contribution in [1.82, 2.24) is 15.4 Å². The van der Waals surface area contributed by atoms with Crippen molar-refractivity contribution in [1.29, 1.82) is 0 Å². The van der Waals surface area contributed by atoms with E-state index in [4.69, 9.17) is 4.74 Å². The Bertz CT molecular complexity index is 845. The molecule has 2 heterocycles. The fourth-order valence-corrected chi connectivity index (χ4v) is 3.66. The van der Waals surface area contributed by atoms with Crippen LogP contribution in [0.2, 0.25) is 0 Å². The summed E-state index contributed by atoms with van der Waals surface area (Å²) in [5.74, 6) is 0.0291. The molecule has 0 atom stereocenters. The number of benzene rings is 1. The van der Waals surface area contributed by atoms with Gasteiger partial charge >= 0.3 is 0 Å². The van der Waals surface area contributed by atoms with E-state index in [9.17, 15) is 4.79 Å². The van der Waals surface area contributed by atoms with Crippen LogP contribution in [0.4, 0.5) is 5.69 Å². The molecule has 1 amide bonds. The van der Waals surface area contributed by atoms with E-state index in [1.165, 1.54) is 17.4 Å². The third-order valence-corrected chi connectivity index (χ3v) is 5.16. The van der Waals surface area contributed by atoms with Crippen LogP contribution < -0.4 is 10.3 Å². The Balaban J connectivity index is 1.51. The molecule has 0 bridgehead atoms. The number of rotatable bonds is 6. The lowest BCUT2D eigenvalue weighted by molar-refractivity contribution is -0.118. The minimum absolute atomic E-state index is 0.188. The van der Waals surface area contributed by atoms with Gasteiger partial charge < -0.3 is 9.64 Å². The highest BCUT2D eigenvalue weighted by Crippen LogP contribution is 2.19. The second kappa shape index (κ2) is 9.66. The molecule has 1 fully saturated rings. The molecule has 0 unspecified atom stereocenters. The molecule has 1 aliphatic rings. The van der Waals surface area contributed by atoms with Crippen molar-refractivity contribution >= 4 is 29.6 Å². The molecule has 1 aromatic heterocycles. The predicted octanol–water partition coefficient (Wildman–Crippen LogP) is 2.48. The second-order valence-corrected chi connectivity index (χ2v) is 7.60. The third kappa shape index (κ3) is 5.77. The molecule has 2 aromatic rings. The summed E-state index contributed by atoms with van der Waals surface area (Å²) in [5, 5.41) is 4.68. The van der Waals surface area contributed by atoms with Crippen molar-refractivity contribution in [2.45, 2.75) is 25.9 Å². The minimum atomic E-state index is -0.188. The monoisotopic (exact) mass is 399 g/mol. The summed E-state index contributed by atoms with van der Waals surface area (Å²) in [5.41, 5.74) is 7.62. The van der Waals surface area contributed by atoms with Crippen molar-refractivity contribution in [2.75, 3.05) is 37.0 Å². The molecule has 8 heteroatoms. The van der Waals surface area contributed by atoms with E-state index in [0.717, 1.165) is 48.8 Å². The van der Waals surface area contributed by atoms with E-state index in [-0.39, 0.29) is 11.7 Å². The van der Waals surface area contributed by atoms with Crippen LogP contribution in [0.15, 0.2) is 34.5 Å². The summed E-state index contributed by atoms with van der Waals surface area (Å²) in [6.07, 6.45) is 1.67. The maximum atomic E-state index is 12.0. The number of anilines is 1. The van der Waals surface area contributed by atoms with E-state index in [2.05, 4.69) is 37.5 Å². The molecular weight excluding hydrogens is 374 g/mol. The summed E-state index contributed by atoms with van der Waals surface area (Å²) in [4.78, 5) is 22.9. The first kappa shape index (κ1) is 20.3. The van der Waals surface area contributed by atoms with Gasteiger partial charge in [0, 0.05) is 30.2 Å². The Hall–Kier alpha value is -2.45. The maximum absolute atomic E-state index is 12.0. The lowest BCUT2D eigenvalue weighted by atomic mass is 10.1. The maximum Gasteiger partial charge on any atom is 0.250 e. The Morgan fingerprint density at radius 1 is 1.21 bits per heavy atom. The number of hydrazone groups is 1. The van der Waals surface area contributed by atoms with E-state index in [0.29, 0.717) is 5.16 Å². The smallest absolute Gasteiger partial charge is 0.250 e. The molecule has 1 aliphatic heterocycles. The van der Waals surface area contributed by atoms with Crippen LogP contribution in [0.1, 0.15) is 22.5 Å². The average Bonchev–Trinajstić information content (AvgIpc) is 2.67. The number of carbonyl (C=O) groups excluding carboxylic acids is 1. The Kier molecular flexibility index (Phi) is 7.00. The molecule has 1 aromatic carbocycles. The number of hydrogen-bond acceptors (Lipinski definition) is 7. The lowest BCUT2D eigenvalue weighted by Crippen LogP contribution is -2.36. The third-order valence-electron chi connectivity index (χ3n) is 4.32. The Labute approximate surface area is 169 Å². The average molecular weight is 400 g/mol. The first-order chi connectivity index (χ1) is 13.5. The number of thioether (sulfide) groups is 1. The van der Waals surface area contributed by atoms with E-state index < -0.39 is 0 Å². The van der Waals surface area contributed by atoms with E-state index in [1.54, 1.807) is 6.21 Å². The van der Waals surface area contributed by atoms with Crippen LogP contribution in [0.25, 0.3) is 0 Å². The van der Waals surface area contributed by atoms with Gasteiger partial charge in [-0.2, -0.15) is 5.10 Å². The van der Waals surface area contributed by atoms with Gasteiger partial charge in [-0.15, -0.1) is 0 Å². The van der Waals surface area contributed by atoms with Crippen LogP contribution in [0, 0.1) is 20.8 Å². The number of hydrogen-bond donors (Lipinski definition) is 1. The van der Waals surface area contributed by atoms with Crippen LogP contribution >= 0.6 is 11.8 Å². The van der Waals surface area contributed by atoms with Gasteiger partial charge in [-0.05, 0) is 50.1 Å². The normalized spacial score (nSPS) is 14.5. The van der Waals surface area contributed by atoms with Crippen molar-refractivity contribution in [2.24, 2.45) is 5.10 Å². The molecule has 1 saturated heterocycles. The van der Waals surface area contributed by atoms with Crippen LogP contribution in [0.3, 0.4) is 0 Å². The van der Waals surface area contributed by atoms with Gasteiger partial charge in [0.05, 0.1) is 25.2 Å². The molecule has 28 heavy (non-hydrogen) atoms. The molecule has 0 saturated carbocycles. The highest BCUT2D eigenvalue weighted by Gasteiger charge is 2.11. The summed E-state index contributed by atoms with van der Waals surface area (Å²) < 4.78 is 5.40. The Morgan fingerprint density at radius 3 is 2.61 bits per heavy atom. The molecule has 7 nitrogen and oxygen atoms in total. The van der Waals surface area contributed by atoms with Gasteiger partial charge in [0.2, 0.25) is 0 Å². The zero-order valence-electron chi connectivity index (χ0n) is 16.4. The number of carbonyl (C=O) groups is 1. The molecule has 1 N–H and O–H groups in total. The zero-order chi connectivity index (χ0) is 19.9. The van der Waals surface area contributed by atoms with E-state index >= 15 is 0 Å². The molecule has 0 spiro atoms. The SMILES string of the molecule is Cc1cc(C)nc(SCC(=O)N/N=C\c2ccc(N3CCOCC3)cc2C)n1. The van der Waals surface area contributed by atoms with Crippen molar-refractivity contribution in [3.8, 4) is 0 Å². The van der Waals surface area contributed by atoms with Crippen LogP contribution in [-0.4, -0.2) is 54.1 Å². The summed E-state index contributed by atoms with van der Waals surface area (Å²) in [7, 11) is 0. The molecule has 3 rings (SSSR count). The Morgan fingerprint density at radius 2 is 1.93 bits per heavy atom. The van der Waals surface area contributed by atoms with Gasteiger partial charge in [-0.1, -0.05) is 17.8 Å². The van der Waals surface area contributed by atoms with Gasteiger partial charge in [-0.25, -0.2) is 15.4 Å². The number of amides is 1. The van der Waals surface area contributed by atoms with Crippen LogP contribution in [-0.2, 0) is 9.53 Å². The largest absolute Gasteiger partial charge is 0.378 e. The number of aryl methyl sites for hydroxylation is 3. The predicted molar refractivity (Wildman–Crippen MR) is 112 cm³/mol. The van der Waals surface area contributed by atoms with Gasteiger partial charge in [0.15, 0.2) is 5.16 Å². The highest BCUT2D eigenvalue weighted by atomic mass is 32.2. The molecular formula is C20H25N5O2S. The highest BCUT2D eigenvalue weighted by molar-refractivity contribution is 7.99. The molecule has 0 radical (unpaired) electrons. The summed E-state index contributed by atoms with van der Waals surface area (Å²) >= 11 is 1.30. The summed E-state index contributed by atoms with van der Waals surface area (Å²) in [6, 6.07) is 8.14. The molecule has 0 aliphatic carbocycles. The minimum Gasteiger partial charge on any atom is -0.378 e. The first-order valence-electron chi connectivity index (χ1n) is 9.21. The lowest BCUT2D eigenvalue weighted by Gasteiger charge is -2.29. The number of aromatic nitrogens is 2. The number of nitrogens with one attached hydrogen (secondary N) is 1. The number of nitrogens with zero attached hydrogens (tertiary/aromatic N) is 4. The van der Waals surface area contributed by atoms with Gasteiger partial charge in [0.25, 0.3) is 5.91 Å². The van der Waals surface area contributed by atoms with Gasteiger partial charge in [0.1, 0.15) is 0 Å². The van der Waals surface area contributed by atoms with Gasteiger partial charge in [-0.3, -0.25) is 4.79 Å². The first-order valence-corrected chi connectivity index (χ1v) is 10.2. The van der Waals surface area contributed by atoms with Crippen molar-refractivity contribution in [3.05, 3.63) is 46.8 Å². The van der Waals surface area contributed by atoms with Crippen LogP contribution in [0.5, 0.6) is 0 Å². The topological polar surface area (TPSA) is 79.7 Å². The number of morpholine rings is 1. The fourth-order valence-electron chi connectivity index (χ4n) is 2.92. The standard InChI is InChI=1S/C20H25N5O2S/c1-14-10-18(25-6-8-27-9-7-25)5-4-17(14)12-21-24-19(26)13-28-20-22-15(2)11-16(3)23-20/h4-5,10-12H,6-9,13H2,1-3H3,(H,24,26)/b21-12-. The van der Waals surface area contributed by atoms with Crippen molar-refractivity contribution in [3.63, 3.8) is 0 Å². The summed E-state index contributed by atoms with van der Waals surface area (Å²) in [6.45, 7) is 9.21. The fraction of sp³-hybridized carbons (Fsp3) is 0.400. The second-order valence-electron chi connectivity index (χ2n) is 6.66. The quantitative estimate of drug-likeness (QED) is 0.348. The van der Waals surface area contributed by atoms with E-state index in [1.807, 2.05) is 32.9 Å². The zero-order valence-corrected chi connectivity index (χ0v) is 17.3. The number of ether oxygens (including phenoxy) is 1.